The minimum absolute atomic E-state index is 0.396. The number of ether oxygens (including phenoxy) is 1. The molecule has 0 bridgehead atoms. The Morgan fingerprint density at radius 1 is 1.17 bits per heavy atom. The maximum Gasteiger partial charge on any atom is 0.328 e. The van der Waals surface area contributed by atoms with E-state index in [1.165, 1.54) is 12.2 Å². The number of amides is 1. The third-order valence-electron chi connectivity index (χ3n) is 3.24. The lowest BCUT2D eigenvalue weighted by molar-refractivity contribution is -0.198. The van der Waals surface area contributed by atoms with E-state index in [-0.39, 0.29) is 0 Å². The van der Waals surface area contributed by atoms with Gasteiger partial charge >= 0.3 is 5.97 Å². The Morgan fingerprint density at radius 3 is 2.48 bits per heavy atom. The second-order valence-electron chi connectivity index (χ2n) is 5.01. The summed E-state index contributed by atoms with van der Waals surface area (Å²) in [6, 6.07) is 7.16. The van der Waals surface area contributed by atoms with Crippen molar-refractivity contribution >= 4 is 24.0 Å². The standard InChI is InChI=1S/C17H19NO5/c19-15(18-23-17-7-3-4-12-22-17)10-8-13-5-1-2-6-14(13)9-11-16(20)21/h1-2,5-6,8-11,17H,3-4,7,12H2,(H,18,19)(H,20,21)/b10-8+,11-9?. The Morgan fingerprint density at radius 2 is 1.87 bits per heavy atom. The van der Waals surface area contributed by atoms with E-state index in [0.717, 1.165) is 30.9 Å². The van der Waals surface area contributed by atoms with Gasteiger partial charge in [-0.25, -0.2) is 15.1 Å². The first-order valence-corrected chi connectivity index (χ1v) is 7.40. The van der Waals surface area contributed by atoms with Crippen LogP contribution in [0.1, 0.15) is 30.4 Å². The minimum Gasteiger partial charge on any atom is -0.478 e. The number of carbonyl (C=O) groups excluding carboxylic acids is 1. The van der Waals surface area contributed by atoms with Crippen molar-refractivity contribution in [3.8, 4) is 0 Å². The van der Waals surface area contributed by atoms with Crippen molar-refractivity contribution in [2.24, 2.45) is 0 Å². The number of hydrogen-bond donors (Lipinski definition) is 2. The maximum atomic E-state index is 11.7. The average molecular weight is 317 g/mol. The van der Waals surface area contributed by atoms with Gasteiger partial charge in [0.05, 0.1) is 0 Å². The number of carbonyl (C=O) groups is 2. The zero-order valence-electron chi connectivity index (χ0n) is 12.6. The molecule has 0 aromatic heterocycles. The van der Waals surface area contributed by atoms with Crippen LogP contribution in [0.4, 0.5) is 0 Å². The first-order valence-electron chi connectivity index (χ1n) is 7.40. The molecule has 0 spiro atoms. The predicted molar refractivity (Wildman–Crippen MR) is 85.0 cm³/mol. The maximum absolute atomic E-state index is 11.7. The first-order chi connectivity index (χ1) is 11.1. The van der Waals surface area contributed by atoms with E-state index in [0.29, 0.717) is 12.2 Å². The molecule has 122 valence electrons. The number of aliphatic carboxylic acids is 1. The molecule has 2 N–H and O–H groups in total. The van der Waals surface area contributed by atoms with Gasteiger partial charge in [0.2, 0.25) is 0 Å². The van der Waals surface area contributed by atoms with E-state index in [2.05, 4.69) is 5.48 Å². The monoisotopic (exact) mass is 317 g/mol. The Hall–Kier alpha value is -2.44. The van der Waals surface area contributed by atoms with Crippen LogP contribution in [0.15, 0.2) is 36.4 Å². The summed E-state index contributed by atoms with van der Waals surface area (Å²) in [4.78, 5) is 27.5. The molecule has 1 atom stereocenters. The van der Waals surface area contributed by atoms with Crippen LogP contribution in [-0.4, -0.2) is 29.9 Å². The predicted octanol–water partition coefficient (Wildman–Crippen LogP) is 2.37. The molecule has 1 aromatic rings. The number of benzene rings is 1. The summed E-state index contributed by atoms with van der Waals surface area (Å²) < 4.78 is 5.34. The van der Waals surface area contributed by atoms with E-state index >= 15 is 0 Å². The van der Waals surface area contributed by atoms with E-state index in [1.807, 2.05) is 6.07 Å². The highest BCUT2D eigenvalue weighted by Gasteiger charge is 2.14. The Labute approximate surface area is 134 Å². The van der Waals surface area contributed by atoms with Crippen molar-refractivity contribution in [2.75, 3.05) is 6.61 Å². The van der Waals surface area contributed by atoms with Gasteiger partial charge in [0.15, 0.2) is 6.29 Å². The van der Waals surface area contributed by atoms with E-state index in [4.69, 9.17) is 14.7 Å². The molecule has 6 heteroatoms. The second-order valence-corrected chi connectivity index (χ2v) is 5.01. The quantitative estimate of drug-likeness (QED) is 0.621. The van der Waals surface area contributed by atoms with E-state index in [1.54, 1.807) is 24.3 Å². The van der Waals surface area contributed by atoms with Crippen molar-refractivity contribution in [3.05, 3.63) is 47.5 Å². The SMILES string of the molecule is O=C(O)C=Cc1ccccc1/C=C/C(=O)NOC1CCCCO1. The molecule has 0 saturated carbocycles. The van der Waals surface area contributed by atoms with Gasteiger partial charge in [0.1, 0.15) is 0 Å². The molecule has 1 fully saturated rings. The lowest BCUT2D eigenvalue weighted by atomic mass is 10.1. The van der Waals surface area contributed by atoms with Crippen molar-refractivity contribution in [2.45, 2.75) is 25.6 Å². The molecule has 1 aliphatic rings. The summed E-state index contributed by atoms with van der Waals surface area (Å²) in [5.41, 5.74) is 3.76. The van der Waals surface area contributed by atoms with Crippen molar-refractivity contribution in [3.63, 3.8) is 0 Å². The van der Waals surface area contributed by atoms with Crippen LogP contribution in [0.5, 0.6) is 0 Å². The van der Waals surface area contributed by atoms with Gasteiger partial charge in [-0.1, -0.05) is 24.3 Å². The first kappa shape index (κ1) is 16.9. The highest BCUT2D eigenvalue weighted by atomic mass is 16.8. The van der Waals surface area contributed by atoms with Gasteiger partial charge in [0, 0.05) is 25.2 Å². The van der Waals surface area contributed by atoms with Crippen LogP contribution >= 0.6 is 0 Å². The Kier molecular flexibility index (Phi) is 6.53. The van der Waals surface area contributed by atoms with Gasteiger partial charge < -0.3 is 9.84 Å². The van der Waals surface area contributed by atoms with Crippen LogP contribution in [0.25, 0.3) is 12.2 Å². The van der Waals surface area contributed by atoms with Gasteiger partial charge in [-0.15, -0.1) is 0 Å². The fourth-order valence-electron chi connectivity index (χ4n) is 2.10. The molecule has 23 heavy (non-hydrogen) atoms. The zero-order chi connectivity index (χ0) is 16.5. The zero-order valence-corrected chi connectivity index (χ0v) is 12.6. The molecule has 1 amide bonds. The summed E-state index contributed by atoms with van der Waals surface area (Å²) in [7, 11) is 0. The lowest BCUT2D eigenvalue weighted by Crippen LogP contribution is -2.32. The fourth-order valence-corrected chi connectivity index (χ4v) is 2.10. The van der Waals surface area contributed by atoms with Crippen molar-refractivity contribution < 1.29 is 24.3 Å². The van der Waals surface area contributed by atoms with Gasteiger partial charge in [-0.3, -0.25) is 4.79 Å². The molecule has 6 nitrogen and oxygen atoms in total. The summed E-state index contributed by atoms with van der Waals surface area (Å²) in [6.45, 7) is 0.639. The topological polar surface area (TPSA) is 84.9 Å². The van der Waals surface area contributed by atoms with Crippen LogP contribution in [-0.2, 0) is 19.2 Å². The minimum atomic E-state index is -1.03. The molecule has 1 saturated heterocycles. The highest BCUT2D eigenvalue weighted by molar-refractivity contribution is 5.92. The molecule has 1 aromatic carbocycles. The Balaban J connectivity index is 1.91. The molecule has 2 rings (SSSR count). The van der Waals surface area contributed by atoms with Crippen LogP contribution < -0.4 is 5.48 Å². The second kappa shape index (κ2) is 8.87. The molecular weight excluding hydrogens is 298 g/mol. The molecule has 1 aliphatic heterocycles. The van der Waals surface area contributed by atoms with Crippen molar-refractivity contribution in [1.82, 2.24) is 5.48 Å². The van der Waals surface area contributed by atoms with Gasteiger partial charge in [0.25, 0.3) is 5.91 Å². The van der Waals surface area contributed by atoms with Gasteiger partial charge in [-0.05, 0) is 36.1 Å². The summed E-state index contributed by atoms with van der Waals surface area (Å²) in [6.07, 6.45) is 7.84. The largest absolute Gasteiger partial charge is 0.478 e. The molecule has 1 heterocycles. The average Bonchev–Trinajstić information content (AvgIpc) is 2.58. The number of hydroxylamine groups is 1. The van der Waals surface area contributed by atoms with Crippen LogP contribution in [0, 0.1) is 0 Å². The number of rotatable bonds is 6. The van der Waals surface area contributed by atoms with E-state index < -0.39 is 18.2 Å². The summed E-state index contributed by atoms with van der Waals surface area (Å²) in [5.74, 6) is -1.43. The summed E-state index contributed by atoms with van der Waals surface area (Å²) in [5, 5.41) is 8.68. The molecule has 1 unspecified atom stereocenters. The highest BCUT2D eigenvalue weighted by Crippen LogP contribution is 2.14. The summed E-state index contributed by atoms with van der Waals surface area (Å²) >= 11 is 0. The van der Waals surface area contributed by atoms with Gasteiger partial charge in [-0.2, -0.15) is 0 Å². The smallest absolute Gasteiger partial charge is 0.328 e. The number of nitrogens with one attached hydrogen (secondary N) is 1. The molecule has 0 radical (unpaired) electrons. The molecule has 0 aliphatic carbocycles. The van der Waals surface area contributed by atoms with E-state index in [9.17, 15) is 9.59 Å². The third kappa shape index (κ3) is 6.06. The fraction of sp³-hybridized carbons (Fsp3) is 0.294. The number of carboxylic acid groups (broad SMARTS) is 1. The third-order valence-corrected chi connectivity index (χ3v) is 3.24. The van der Waals surface area contributed by atoms with Crippen LogP contribution in [0.2, 0.25) is 0 Å². The number of hydrogen-bond acceptors (Lipinski definition) is 4. The van der Waals surface area contributed by atoms with Crippen molar-refractivity contribution in [1.29, 1.82) is 0 Å². The van der Waals surface area contributed by atoms with Crippen LogP contribution in [0.3, 0.4) is 0 Å². The Bertz CT molecular complexity index is 603. The molecular formula is C17H19NO5. The lowest BCUT2D eigenvalue weighted by Gasteiger charge is -2.21. The normalized spacial score (nSPS) is 18.3. The number of carboxylic acids is 1.